The standard InChI is InChI=1S/C12H24O4/c1-4-6-12(5-2)16-10-8-14-7-9-15-11(3)13/h12H,4-10H2,1-3H3. The van der Waals surface area contributed by atoms with Crippen LogP contribution in [-0.2, 0) is 19.0 Å². The predicted octanol–water partition coefficient (Wildman–Crippen LogP) is 2.16. The fourth-order valence-corrected chi connectivity index (χ4v) is 1.35. The SMILES string of the molecule is CCCC(CC)OCCOCCOC(C)=O. The van der Waals surface area contributed by atoms with E-state index in [1.807, 2.05) is 0 Å². The summed E-state index contributed by atoms with van der Waals surface area (Å²) in [6, 6.07) is 0. The van der Waals surface area contributed by atoms with Gasteiger partial charge < -0.3 is 14.2 Å². The smallest absolute Gasteiger partial charge is 0.302 e. The summed E-state index contributed by atoms with van der Waals surface area (Å²) >= 11 is 0. The maximum Gasteiger partial charge on any atom is 0.302 e. The molecule has 0 aromatic carbocycles. The first-order valence-electron chi connectivity index (χ1n) is 6.03. The summed E-state index contributed by atoms with van der Waals surface area (Å²) in [4.78, 5) is 10.4. The number of carbonyl (C=O) groups excluding carboxylic acids is 1. The van der Waals surface area contributed by atoms with Crippen molar-refractivity contribution >= 4 is 5.97 Å². The number of rotatable bonds is 10. The second-order valence-electron chi connectivity index (χ2n) is 3.64. The van der Waals surface area contributed by atoms with Gasteiger partial charge in [-0.2, -0.15) is 0 Å². The van der Waals surface area contributed by atoms with E-state index in [0.29, 0.717) is 32.5 Å². The number of ether oxygens (including phenoxy) is 3. The molecule has 0 saturated heterocycles. The largest absolute Gasteiger partial charge is 0.463 e. The summed E-state index contributed by atoms with van der Waals surface area (Å²) in [5.41, 5.74) is 0. The van der Waals surface area contributed by atoms with Crippen molar-refractivity contribution in [2.75, 3.05) is 26.4 Å². The molecular weight excluding hydrogens is 208 g/mol. The van der Waals surface area contributed by atoms with E-state index in [9.17, 15) is 4.79 Å². The molecule has 0 aliphatic carbocycles. The minimum absolute atomic E-state index is 0.270. The van der Waals surface area contributed by atoms with Crippen molar-refractivity contribution in [2.45, 2.75) is 46.1 Å². The van der Waals surface area contributed by atoms with Gasteiger partial charge in [0, 0.05) is 6.92 Å². The van der Waals surface area contributed by atoms with Crippen LogP contribution >= 0.6 is 0 Å². The molecule has 0 spiro atoms. The average molecular weight is 232 g/mol. The Morgan fingerprint density at radius 3 is 2.38 bits per heavy atom. The van der Waals surface area contributed by atoms with E-state index in [1.165, 1.54) is 6.92 Å². The van der Waals surface area contributed by atoms with Gasteiger partial charge in [0.2, 0.25) is 0 Å². The van der Waals surface area contributed by atoms with Gasteiger partial charge in [-0.1, -0.05) is 20.3 Å². The third-order valence-corrected chi connectivity index (χ3v) is 2.18. The highest BCUT2D eigenvalue weighted by Gasteiger charge is 2.04. The molecule has 16 heavy (non-hydrogen) atoms. The van der Waals surface area contributed by atoms with Gasteiger partial charge >= 0.3 is 5.97 Å². The first-order chi connectivity index (χ1) is 7.70. The van der Waals surface area contributed by atoms with Crippen molar-refractivity contribution in [3.05, 3.63) is 0 Å². The van der Waals surface area contributed by atoms with Crippen LogP contribution in [-0.4, -0.2) is 38.5 Å². The maximum absolute atomic E-state index is 10.4. The Hall–Kier alpha value is -0.610. The Labute approximate surface area is 98.3 Å². The van der Waals surface area contributed by atoms with E-state index < -0.39 is 0 Å². The van der Waals surface area contributed by atoms with E-state index in [4.69, 9.17) is 14.2 Å². The molecule has 0 radical (unpaired) electrons. The van der Waals surface area contributed by atoms with Gasteiger partial charge in [-0.3, -0.25) is 4.79 Å². The molecule has 0 amide bonds. The van der Waals surface area contributed by atoms with Gasteiger partial charge in [-0.25, -0.2) is 0 Å². The molecule has 96 valence electrons. The molecule has 0 N–H and O–H groups in total. The van der Waals surface area contributed by atoms with Crippen molar-refractivity contribution < 1.29 is 19.0 Å². The number of carbonyl (C=O) groups is 1. The Morgan fingerprint density at radius 2 is 1.81 bits per heavy atom. The van der Waals surface area contributed by atoms with Gasteiger partial charge in [0.25, 0.3) is 0 Å². The second kappa shape index (κ2) is 10.9. The van der Waals surface area contributed by atoms with Crippen LogP contribution in [0.2, 0.25) is 0 Å². The Bertz CT molecular complexity index is 170. The lowest BCUT2D eigenvalue weighted by atomic mass is 10.2. The highest BCUT2D eigenvalue weighted by atomic mass is 16.6. The fraction of sp³-hybridized carbons (Fsp3) is 0.917. The number of hydrogen-bond donors (Lipinski definition) is 0. The third kappa shape index (κ3) is 9.93. The van der Waals surface area contributed by atoms with Crippen LogP contribution in [0.15, 0.2) is 0 Å². The topological polar surface area (TPSA) is 44.8 Å². The molecule has 4 nitrogen and oxygen atoms in total. The highest BCUT2D eigenvalue weighted by molar-refractivity contribution is 5.65. The molecule has 4 heteroatoms. The normalized spacial score (nSPS) is 12.4. The predicted molar refractivity (Wildman–Crippen MR) is 62.4 cm³/mol. The molecule has 0 saturated carbocycles. The number of hydrogen-bond acceptors (Lipinski definition) is 4. The lowest BCUT2D eigenvalue weighted by Gasteiger charge is -2.14. The first-order valence-corrected chi connectivity index (χ1v) is 6.03. The van der Waals surface area contributed by atoms with E-state index in [1.54, 1.807) is 0 Å². The van der Waals surface area contributed by atoms with E-state index in [-0.39, 0.29) is 5.97 Å². The van der Waals surface area contributed by atoms with Crippen molar-refractivity contribution in [2.24, 2.45) is 0 Å². The Morgan fingerprint density at radius 1 is 1.12 bits per heavy atom. The summed E-state index contributed by atoms with van der Waals surface area (Å²) in [7, 11) is 0. The molecule has 0 aromatic heterocycles. The third-order valence-electron chi connectivity index (χ3n) is 2.18. The van der Waals surface area contributed by atoms with Crippen molar-refractivity contribution in [3.63, 3.8) is 0 Å². The van der Waals surface area contributed by atoms with E-state index >= 15 is 0 Å². The molecule has 0 aliphatic rings. The van der Waals surface area contributed by atoms with Crippen LogP contribution < -0.4 is 0 Å². The zero-order chi connectivity index (χ0) is 12.2. The number of esters is 1. The van der Waals surface area contributed by atoms with Crippen molar-refractivity contribution in [1.82, 2.24) is 0 Å². The van der Waals surface area contributed by atoms with Crippen LogP contribution in [0.3, 0.4) is 0 Å². The highest BCUT2D eigenvalue weighted by Crippen LogP contribution is 2.05. The zero-order valence-corrected chi connectivity index (χ0v) is 10.7. The Balaban J connectivity index is 3.22. The van der Waals surface area contributed by atoms with Gasteiger partial charge in [0.1, 0.15) is 6.61 Å². The summed E-state index contributed by atoms with van der Waals surface area (Å²) < 4.78 is 15.6. The fourth-order valence-electron chi connectivity index (χ4n) is 1.35. The minimum Gasteiger partial charge on any atom is -0.463 e. The van der Waals surface area contributed by atoms with Gasteiger partial charge in [0.05, 0.1) is 25.9 Å². The lowest BCUT2D eigenvalue weighted by molar-refractivity contribution is -0.142. The molecule has 0 aromatic rings. The molecule has 0 rings (SSSR count). The quantitative estimate of drug-likeness (QED) is 0.428. The van der Waals surface area contributed by atoms with Crippen molar-refractivity contribution in [1.29, 1.82) is 0 Å². The van der Waals surface area contributed by atoms with Crippen LogP contribution in [0.1, 0.15) is 40.0 Å². The molecule has 0 aliphatic heterocycles. The van der Waals surface area contributed by atoms with E-state index in [0.717, 1.165) is 19.3 Å². The molecule has 1 atom stereocenters. The van der Waals surface area contributed by atoms with Gasteiger partial charge in [-0.05, 0) is 12.8 Å². The lowest BCUT2D eigenvalue weighted by Crippen LogP contribution is -2.16. The molecule has 0 fully saturated rings. The minimum atomic E-state index is -0.270. The summed E-state index contributed by atoms with van der Waals surface area (Å²) in [6.07, 6.45) is 3.64. The van der Waals surface area contributed by atoms with Crippen LogP contribution in [0.5, 0.6) is 0 Å². The van der Waals surface area contributed by atoms with Crippen molar-refractivity contribution in [3.8, 4) is 0 Å². The first kappa shape index (κ1) is 15.4. The monoisotopic (exact) mass is 232 g/mol. The molecule has 1 unspecified atom stereocenters. The second-order valence-corrected chi connectivity index (χ2v) is 3.64. The Kier molecular flexibility index (Phi) is 10.5. The van der Waals surface area contributed by atoms with Gasteiger partial charge in [0.15, 0.2) is 0 Å². The molecule has 0 heterocycles. The zero-order valence-electron chi connectivity index (χ0n) is 10.7. The summed E-state index contributed by atoms with van der Waals surface area (Å²) in [6.45, 7) is 7.60. The average Bonchev–Trinajstić information content (AvgIpc) is 2.26. The van der Waals surface area contributed by atoms with Crippen LogP contribution in [0, 0.1) is 0 Å². The molecule has 0 bridgehead atoms. The van der Waals surface area contributed by atoms with Crippen LogP contribution in [0.25, 0.3) is 0 Å². The summed E-state index contributed by atoms with van der Waals surface area (Å²) in [5, 5.41) is 0. The maximum atomic E-state index is 10.4. The molecular formula is C12H24O4. The van der Waals surface area contributed by atoms with Crippen LogP contribution in [0.4, 0.5) is 0 Å². The van der Waals surface area contributed by atoms with Gasteiger partial charge in [-0.15, -0.1) is 0 Å². The summed E-state index contributed by atoms with van der Waals surface area (Å²) in [5.74, 6) is -0.270. The van der Waals surface area contributed by atoms with E-state index in [2.05, 4.69) is 13.8 Å².